The predicted octanol–water partition coefficient (Wildman–Crippen LogP) is 4.99. The molecule has 0 unspecified atom stereocenters. The van der Waals surface area contributed by atoms with Gasteiger partial charge in [0.15, 0.2) is 0 Å². The molecular weight excluding hydrogens is 401 g/mol. The van der Waals surface area contributed by atoms with Crippen LogP contribution < -0.4 is 0 Å². The molecule has 20 heavy (non-hydrogen) atoms. The Morgan fingerprint density at radius 3 is 2.30 bits per heavy atom. The van der Waals surface area contributed by atoms with Crippen LogP contribution in [0.1, 0.15) is 17.5 Å². The zero-order valence-corrected chi connectivity index (χ0v) is 14.3. The highest BCUT2D eigenvalue weighted by Crippen LogP contribution is 2.33. The first-order valence-corrected chi connectivity index (χ1v) is 8.41. The van der Waals surface area contributed by atoms with Gasteiger partial charge in [-0.2, -0.15) is 13.2 Å². The van der Waals surface area contributed by atoms with E-state index in [1.54, 1.807) is 0 Å². The van der Waals surface area contributed by atoms with Gasteiger partial charge in [-0.25, -0.2) is 0 Å². The van der Waals surface area contributed by atoms with Crippen molar-refractivity contribution >= 4 is 31.9 Å². The zero-order valence-electron chi connectivity index (χ0n) is 11.1. The van der Waals surface area contributed by atoms with E-state index in [9.17, 15) is 13.2 Å². The summed E-state index contributed by atoms with van der Waals surface area (Å²) < 4.78 is 41.0. The number of hydrogen-bond donors (Lipinski definition) is 0. The smallest absolute Gasteiger partial charge is 0.372 e. The molecule has 0 aliphatic carbocycles. The SMILES string of the molecule is Cc1cccc(C(CBr)(CBr)CCOCC(F)(F)F)c1. The highest BCUT2D eigenvalue weighted by atomic mass is 79.9. The number of hydrogen-bond acceptors (Lipinski definition) is 1. The van der Waals surface area contributed by atoms with Gasteiger partial charge in [0.1, 0.15) is 6.61 Å². The molecule has 0 radical (unpaired) electrons. The van der Waals surface area contributed by atoms with Crippen LogP contribution >= 0.6 is 31.9 Å². The molecule has 0 bridgehead atoms. The van der Waals surface area contributed by atoms with Crippen LogP contribution in [-0.4, -0.2) is 30.1 Å². The summed E-state index contributed by atoms with van der Waals surface area (Å²) in [6, 6.07) is 8.02. The second kappa shape index (κ2) is 7.80. The maximum absolute atomic E-state index is 12.1. The van der Waals surface area contributed by atoms with Crippen LogP contribution in [0.5, 0.6) is 0 Å². The van der Waals surface area contributed by atoms with Crippen molar-refractivity contribution < 1.29 is 17.9 Å². The first kappa shape index (κ1) is 18.0. The molecule has 1 aromatic rings. The van der Waals surface area contributed by atoms with Crippen molar-refractivity contribution in [1.29, 1.82) is 0 Å². The van der Waals surface area contributed by atoms with E-state index in [1.807, 2.05) is 25.1 Å². The van der Waals surface area contributed by atoms with Crippen LogP contribution in [-0.2, 0) is 10.2 Å². The number of halogens is 5. The van der Waals surface area contributed by atoms with E-state index in [1.165, 1.54) is 0 Å². The molecule has 0 heterocycles. The molecule has 114 valence electrons. The van der Waals surface area contributed by atoms with Crippen molar-refractivity contribution in [2.45, 2.75) is 24.9 Å². The van der Waals surface area contributed by atoms with Crippen molar-refractivity contribution in [3.8, 4) is 0 Å². The van der Waals surface area contributed by atoms with E-state index in [4.69, 9.17) is 4.74 Å². The Bertz CT molecular complexity index is 417. The molecule has 0 aliphatic rings. The molecule has 0 saturated carbocycles. The van der Waals surface area contributed by atoms with Gasteiger partial charge in [0, 0.05) is 22.7 Å². The number of rotatable bonds is 7. The minimum atomic E-state index is -4.27. The lowest BCUT2D eigenvalue weighted by atomic mass is 9.81. The molecule has 1 rings (SSSR count). The Labute approximate surface area is 134 Å². The molecule has 1 aromatic carbocycles. The van der Waals surface area contributed by atoms with Gasteiger partial charge < -0.3 is 4.74 Å². The van der Waals surface area contributed by atoms with Crippen LogP contribution in [0.25, 0.3) is 0 Å². The van der Waals surface area contributed by atoms with Crippen molar-refractivity contribution in [3.63, 3.8) is 0 Å². The Kier molecular flexibility index (Phi) is 7.01. The van der Waals surface area contributed by atoms with Gasteiger partial charge in [0.2, 0.25) is 0 Å². The van der Waals surface area contributed by atoms with Gasteiger partial charge >= 0.3 is 6.18 Å². The second-order valence-corrected chi connectivity index (χ2v) is 5.96. The third kappa shape index (κ3) is 5.37. The van der Waals surface area contributed by atoms with Crippen LogP contribution in [0.15, 0.2) is 24.3 Å². The first-order valence-electron chi connectivity index (χ1n) is 6.16. The van der Waals surface area contributed by atoms with Crippen molar-refractivity contribution in [2.75, 3.05) is 23.9 Å². The summed E-state index contributed by atoms with van der Waals surface area (Å²) in [6.45, 7) is 0.878. The molecule has 0 aromatic heterocycles. The molecule has 1 nitrogen and oxygen atoms in total. The zero-order chi connectivity index (χ0) is 15.2. The summed E-state index contributed by atoms with van der Waals surface area (Å²) in [7, 11) is 0. The van der Waals surface area contributed by atoms with Gasteiger partial charge in [-0.3, -0.25) is 0 Å². The Morgan fingerprint density at radius 2 is 1.80 bits per heavy atom. The summed E-state index contributed by atoms with van der Waals surface area (Å²) in [5, 5.41) is 1.31. The topological polar surface area (TPSA) is 9.23 Å². The summed E-state index contributed by atoms with van der Waals surface area (Å²) in [5.41, 5.74) is 1.96. The molecule has 0 N–H and O–H groups in total. The predicted molar refractivity (Wildman–Crippen MR) is 81.9 cm³/mol. The van der Waals surface area contributed by atoms with Crippen LogP contribution in [0, 0.1) is 6.92 Å². The van der Waals surface area contributed by atoms with E-state index in [-0.39, 0.29) is 12.0 Å². The minimum Gasteiger partial charge on any atom is -0.372 e. The molecule has 0 saturated heterocycles. The largest absolute Gasteiger partial charge is 0.411 e. The normalized spacial score (nSPS) is 12.7. The summed E-state index contributed by atoms with van der Waals surface area (Å²) in [4.78, 5) is 0. The number of aryl methyl sites for hydroxylation is 1. The van der Waals surface area contributed by atoms with E-state index in [0.29, 0.717) is 17.1 Å². The molecule has 0 atom stereocenters. The summed E-state index contributed by atoms with van der Waals surface area (Å²) in [6.07, 6.45) is -3.75. The summed E-state index contributed by atoms with van der Waals surface area (Å²) in [5.74, 6) is 0. The van der Waals surface area contributed by atoms with Gasteiger partial charge in [-0.15, -0.1) is 0 Å². The standard InChI is InChI=1S/C14H17Br2F3O/c1-11-3-2-4-12(7-11)13(8-15,9-16)5-6-20-10-14(17,18)19/h2-4,7H,5-6,8-10H2,1H3. The quantitative estimate of drug-likeness (QED) is 0.448. The van der Waals surface area contributed by atoms with Gasteiger partial charge in [0.05, 0.1) is 0 Å². The third-order valence-electron chi connectivity index (χ3n) is 3.13. The van der Waals surface area contributed by atoms with Gasteiger partial charge in [-0.1, -0.05) is 61.7 Å². The molecule has 0 aliphatic heterocycles. The van der Waals surface area contributed by atoms with Crippen LogP contribution in [0.2, 0.25) is 0 Å². The minimum absolute atomic E-state index is 0.0741. The van der Waals surface area contributed by atoms with E-state index in [2.05, 4.69) is 37.9 Å². The second-order valence-electron chi connectivity index (χ2n) is 4.83. The van der Waals surface area contributed by atoms with E-state index >= 15 is 0 Å². The number of alkyl halides is 5. The molecule has 0 fully saturated rings. The van der Waals surface area contributed by atoms with Gasteiger partial charge in [0.25, 0.3) is 0 Å². The van der Waals surface area contributed by atoms with Crippen LogP contribution in [0.3, 0.4) is 0 Å². The number of benzene rings is 1. The Morgan fingerprint density at radius 1 is 1.15 bits per heavy atom. The number of ether oxygens (including phenoxy) is 1. The lowest BCUT2D eigenvalue weighted by molar-refractivity contribution is -0.174. The van der Waals surface area contributed by atoms with E-state index < -0.39 is 12.8 Å². The lowest BCUT2D eigenvalue weighted by Gasteiger charge is -2.31. The fourth-order valence-electron chi connectivity index (χ4n) is 1.90. The highest BCUT2D eigenvalue weighted by molar-refractivity contribution is 9.09. The van der Waals surface area contributed by atoms with Crippen molar-refractivity contribution in [3.05, 3.63) is 35.4 Å². The first-order chi connectivity index (χ1) is 9.33. The average molecular weight is 418 g/mol. The highest BCUT2D eigenvalue weighted by Gasteiger charge is 2.32. The Hall–Kier alpha value is -0.0700. The Balaban J connectivity index is 2.72. The van der Waals surface area contributed by atoms with Crippen LogP contribution in [0.4, 0.5) is 13.2 Å². The fourth-order valence-corrected chi connectivity index (χ4v) is 4.04. The lowest BCUT2D eigenvalue weighted by Crippen LogP contribution is -2.32. The van der Waals surface area contributed by atoms with Crippen molar-refractivity contribution in [2.24, 2.45) is 0 Å². The molecule has 0 spiro atoms. The molecular formula is C14H17Br2F3O. The molecule has 6 heteroatoms. The fraction of sp³-hybridized carbons (Fsp3) is 0.571. The van der Waals surface area contributed by atoms with Gasteiger partial charge in [-0.05, 0) is 18.9 Å². The van der Waals surface area contributed by atoms with E-state index in [0.717, 1.165) is 11.1 Å². The maximum atomic E-state index is 12.1. The third-order valence-corrected chi connectivity index (χ3v) is 5.28. The average Bonchev–Trinajstić information content (AvgIpc) is 2.38. The maximum Gasteiger partial charge on any atom is 0.411 e. The van der Waals surface area contributed by atoms with Crippen molar-refractivity contribution in [1.82, 2.24) is 0 Å². The molecule has 0 amide bonds. The monoisotopic (exact) mass is 416 g/mol. The summed E-state index contributed by atoms with van der Waals surface area (Å²) >= 11 is 6.96.